The van der Waals surface area contributed by atoms with Crippen LogP contribution in [0.2, 0.25) is 0 Å². The van der Waals surface area contributed by atoms with Gasteiger partial charge in [-0.15, -0.1) is 11.3 Å². The number of nitrogens with zero attached hydrogens (tertiary/aromatic N) is 1. The summed E-state index contributed by atoms with van der Waals surface area (Å²) < 4.78 is 12.3. The molecule has 0 N–H and O–H groups in total. The Bertz CT molecular complexity index is 1210. The molecule has 0 bridgehead atoms. The van der Waals surface area contributed by atoms with Crippen LogP contribution in [0.15, 0.2) is 62.7 Å². The highest BCUT2D eigenvalue weighted by atomic mass is 32.2. The first kappa shape index (κ1) is 20.4. The number of fused-ring (bicyclic) bond motifs is 1. The first-order chi connectivity index (χ1) is 14.5. The van der Waals surface area contributed by atoms with Crippen molar-refractivity contribution in [1.29, 1.82) is 0 Å². The van der Waals surface area contributed by atoms with Gasteiger partial charge >= 0.3 is 5.97 Å². The van der Waals surface area contributed by atoms with Gasteiger partial charge in [0.25, 0.3) is 0 Å². The van der Waals surface area contributed by atoms with E-state index in [1.807, 2.05) is 43.5 Å². The molecule has 4 rings (SSSR count). The van der Waals surface area contributed by atoms with Gasteiger partial charge in [0.2, 0.25) is 5.76 Å². The van der Waals surface area contributed by atoms with Gasteiger partial charge in [-0.3, -0.25) is 4.79 Å². The zero-order chi connectivity index (χ0) is 21.1. The molecule has 0 unspecified atom stereocenters. The summed E-state index contributed by atoms with van der Waals surface area (Å²) in [5, 5.41) is 2.88. The Kier molecular flexibility index (Phi) is 6.01. The number of ketones is 1. The van der Waals surface area contributed by atoms with Crippen molar-refractivity contribution in [2.24, 2.45) is 0 Å². The number of esters is 1. The van der Waals surface area contributed by atoms with E-state index in [4.69, 9.17) is 9.15 Å². The second-order valence-electron chi connectivity index (χ2n) is 6.64. The Morgan fingerprint density at radius 3 is 2.60 bits per heavy atom. The van der Waals surface area contributed by atoms with Crippen LogP contribution in [-0.4, -0.2) is 16.7 Å². The number of thioether (sulfide) groups is 1. The maximum absolute atomic E-state index is 12.9. The third kappa shape index (κ3) is 4.32. The summed E-state index contributed by atoms with van der Waals surface area (Å²) in [5.74, 6) is 0.569. The molecule has 0 amide bonds. The average molecular weight is 438 g/mol. The minimum absolute atomic E-state index is 0.0434. The summed E-state index contributed by atoms with van der Waals surface area (Å²) in [7, 11) is 0. The van der Waals surface area contributed by atoms with E-state index in [-0.39, 0.29) is 11.5 Å². The van der Waals surface area contributed by atoms with Crippen molar-refractivity contribution in [3.05, 3.63) is 76.5 Å². The second kappa shape index (κ2) is 8.85. The molecule has 0 aliphatic rings. The van der Waals surface area contributed by atoms with Gasteiger partial charge in [0.15, 0.2) is 5.78 Å². The fraction of sp³-hybridized carbons (Fsp3) is 0.174. The van der Waals surface area contributed by atoms with Crippen LogP contribution >= 0.6 is 23.1 Å². The summed E-state index contributed by atoms with van der Waals surface area (Å²) in [6.45, 7) is 3.76. The van der Waals surface area contributed by atoms with Crippen LogP contribution in [0.1, 0.15) is 45.5 Å². The highest BCUT2D eigenvalue weighted by Crippen LogP contribution is 2.33. The first-order valence-corrected chi connectivity index (χ1v) is 11.3. The van der Waals surface area contributed by atoms with Crippen molar-refractivity contribution in [3.8, 4) is 5.75 Å². The predicted octanol–water partition coefficient (Wildman–Crippen LogP) is 6.30. The van der Waals surface area contributed by atoms with Gasteiger partial charge in [0.05, 0.1) is 0 Å². The molecule has 2 heterocycles. The van der Waals surface area contributed by atoms with E-state index in [2.05, 4.69) is 4.98 Å². The van der Waals surface area contributed by atoms with E-state index in [9.17, 15) is 9.59 Å². The Balaban J connectivity index is 1.59. The van der Waals surface area contributed by atoms with Crippen LogP contribution in [-0.2, 0) is 5.75 Å². The van der Waals surface area contributed by atoms with Crippen molar-refractivity contribution in [1.82, 2.24) is 4.98 Å². The van der Waals surface area contributed by atoms with Crippen LogP contribution in [0.5, 0.6) is 5.75 Å². The Hall–Kier alpha value is -2.90. The maximum atomic E-state index is 12.9. The number of aryl methyl sites for hydroxylation is 1. The number of aromatic nitrogens is 1. The van der Waals surface area contributed by atoms with Crippen LogP contribution in [0, 0.1) is 6.92 Å². The van der Waals surface area contributed by atoms with Gasteiger partial charge in [-0.1, -0.05) is 36.9 Å². The van der Waals surface area contributed by atoms with Gasteiger partial charge in [0.1, 0.15) is 15.7 Å². The quantitative estimate of drug-likeness (QED) is 0.146. The van der Waals surface area contributed by atoms with Gasteiger partial charge in [-0.05, 0) is 37.3 Å². The largest absolute Gasteiger partial charge is 0.449 e. The normalized spacial score (nSPS) is 11.0. The summed E-state index contributed by atoms with van der Waals surface area (Å²) in [6.07, 6.45) is 0.428. The van der Waals surface area contributed by atoms with E-state index < -0.39 is 5.97 Å². The Morgan fingerprint density at radius 2 is 1.90 bits per heavy atom. The number of carbonyl (C=O) groups is 2. The summed E-state index contributed by atoms with van der Waals surface area (Å²) >= 11 is 3.14. The van der Waals surface area contributed by atoms with Gasteiger partial charge < -0.3 is 9.15 Å². The number of hydrogen-bond acceptors (Lipinski definition) is 7. The molecular weight excluding hydrogens is 418 g/mol. The third-order valence-corrected chi connectivity index (χ3v) is 6.69. The molecule has 0 saturated carbocycles. The topological polar surface area (TPSA) is 69.4 Å². The van der Waals surface area contributed by atoms with Crippen LogP contribution in [0.3, 0.4) is 0 Å². The number of ether oxygens (including phenoxy) is 1. The standard InChI is InChI=1S/C23H19NO4S2/c1-3-19(25)15-8-10-16(11-9-15)27-22(26)21-18(13-30-23-24-14(2)12-29-23)17-6-4-5-7-20(17)28-21/h4-12H,3,13H2,1-2H3. The second-order valence-corrected chi connectivity index (χ2v) is 8.72. The molecule has 0 fully saturated rings. The van der Waals surface area contributed by atoms with Crippen molar-refractivity contribution >= 4 is 45.8 Å². The molecule has 0 aliphatic carbocycles. The highest BCUT2D eigenvalue weighted by molar-refractivity contribution is 8.00. The summed E-state index contributed by atoms with van der Waals surface area (Å²) in [4.78, 5) is 29.1. The van der Waals surface area contributed by atoms with E-state index in [0.717, 1.165) is 21.0 Å². The van der Waals surface area contributed by atoms with Crippen LogP contribution in [0.25, 0.3) is 11.0 Å². The van der Waals surface area contributed by atoms with Crippen molar-refractivity contribution < 1.29 is 18.7 Å². The number of para-hydroxylation sites is 1. The number of benzene rings is 2. The highest BCUT2D eigenvalue weighted by Gasteiger charge is 2.23. The Labute approximate surface area is 182 Å². The van der Waals surface area contributed by atoms with Crippen LogP contribution < -0.4 is 4.74 Å². The molecule has 0 radical (unpaired) electrons. The SMILES string of the molecule is CCC(=O)c1ccc(OC(=O)c2oc3ccccc3c2CSc2nc(C)cs2)cc1. The molecule has 0 saturated heterocycles. The monoisotopic (exact) mass is 437 g/mol. The van der Waals surface area contributed by atoms with Crippen molar-refractivity contribution in [2.75, 3.05) is 0 Å². The number of furan rings is 1. The molecule has 0 atom stereocenters. The average Bonchev–Trinajstić information content (AvgIpc) is 3.35. The molecular formula is C23H19NO4S2. The molecule has 0 aliphatic heterocycles. The van der Waals surface area contributed by atoms with Crippen LogP contribution in [0.4, 0.5) is 0 Å². The zero-order valence-electron chi connectivity index (χ0n) is 16.5. The fourth-order valence-electron chi connectivity index (χ4n) is 3.01. The lowest BCUT2D eigenvalue weighted by molar-refractivity contribution is 0.0702. The molecule has 152 valence electrons. The van der Waals surface area contributed by atoms with E-state index in [1.165, 1.54) is 0 Å². The molecule has 2 aromatic heterocycles. The molecule has 7 heteroatoms. The van der Waals surface area contributed by atoms with Gasteiger partial charge in [-0.25, -0.2) is 9.78 Å². The summed E-state index contributed by atoms with van der Waals surface area (Å²) in [5.41, 5.74) is 2.99. The minimum atomic E-state index is -0.563. The number of hydrogen-bond donors (Lipinski definition) is 0. The number of carbonyl (C=O) groups excluding carboxylic acids is 2. The lowest BCUT2D eigenvalue weighted by Gasteiger charge is -2.05. The van der Waals surface area contributed by atoms with E-state index in [0.29, 0.717) is 29.1 Å². The molecule has 0 spiro atoms. The lowest BCUT2D eigenvalue weighted by Crippen LogP contribution is -2.09. The summed E-state index contributed by atoms with van der Waals surface area (Å²) in [6, 6.07) is 14.1. The lowest BCUT2D eigenvalue weighted by atomic mass is 10.1. The molecule has 2 aromatic carbocycles. The van der Waals surface area contributed by atoms with Gasteiger partial charge in [-0.2, -0.15) is 0 Å². The van der Waals surface area contributed by atoms with E-state index in [1.54, 1.807) is 47.4 Å². The van der Waals surface area contributed by atoms with Crippen molar-refractivity contribution in [3.63, 3.8) is 0 Å². The first-order valence-electron chi connectivity index (χ1n) is 9.46. The molecule has 4 aromatic rings. The van der Waals surface area contributed by atoms with Crippen molar-refractivity contribution in [2.45, 2.75) is 30.4 Å². The number of Topliss-reactive ketones (excluding diaryl/α,β-unsaturated/α-hetero) is 1. The number of thiazole rings is 1. The molecule has 30 heavy (non-hydrogen) atoms. The zero-order valence-corrected chi connectivity index (χ0v) is 18.1. The number of rotatable bonds is 7. The Morgan fingerprint density at radius 1 is 1.13 bits per heavy atom. The van der Waals surface area contributed by atoms with E-state index >= 15 is 0 Å². The maximum Gasteiger partial charge on any atom is 0.379 e. The predicted molar refractivity (Wildman–Crippen MR) is 119 cm³/mol. The fourth-order valence-corrected chi connectivity index (χ4v) is 4.88. The minimum Gasteiger partial charge on any atom is -0.449 e. The molecule has 5 nitrogen and oxygen atoms in total. The third-order valence-electron chi connectivity index (χ3n) is 4.53. The smallest absolute Gasteiger partial charge is 0.379 e. The van der Waals surface area contributed by atoms with Gasteiger partial charge in [0, 0.05) is 39.8 Å².